The van der Waals surface area contributed by atoms with Crippen LogP contribution >= 0.6 is 0 Å². The minimum atomic E-state index is -1.51. The van der Waals surface area contributed by atoms with E-state index in [2.05, 4.69) is 18.2 Å². The Bertz CT molecular complexity index is 811. The monoisotopic (exact) mass is 300 g/mol. The van der Waals surface area contributed by atoms with Gasteiger partial charge in [-0.2, -0.15) is 15.8 Å². The lowest BCUT2D eigenvalue weighted by Gasteiger charge is -2.39. The van der Waals surface area contributed by atoms with E-state index in [0.717, 1.165) is 42.4 Å². The first-order valence-electron chi connectivity index (χ1n) is 7.69. The minimum Gasteiger partial charge on any atom is -0.399 e. The van der Waals surface area contributed by atoms with Crippen LogP contribution in [-0.2, 0) is 0 Å². The van der Waals surface area contributed by atoms with Crippen LogP contribution in [0.1, 0.15) is 37.2 Å². The van der Waals surface area contributed by atoms with Gasteiger partial charge in [-0.05, 0) is 36.8 Å². The Morgan fingerprint density at radius 3 is 2.26 bits per heavy atom. The van der Waals surface area contributed by atoms with Gasteiger partial charge < -0.3 is 5.73 Å². The number of hydrogen-bond donors (Lipinski definition) is 1. The zero-order valence-corrected chi connectivity index (χ0v) is 12.7. The van der Waals surface area contributed by atoms with Gasteiger partial charge in [0.15, 0.2) is 5.41 Å². The third-order valence-corrected chi connectivity index (χ3v) is 4.89. The van der Waals surface area contributed by atoms with E-state index in [9.17, 15) is 15.8 Å². The maximum atomic E-state index is 9.83. The average Bonchev–Trinajstić information content (AvgIpc) is 2.61. The number of nitrogens with two attached hydrogens (primary N) is 1. The second-order valence-corrected chi connectivity index (χ2v) is 5.99. The molecule has 0 bridgehead atoms. The predicted molar refractivity (Wildman–Crippen MR) is 85.2 cm³/mol. The lowest BCUT2D eigenvalue weighted by Crippen LogP contribution is -2.38. The molecule has 0 amide bonds. The van der Waals surface area contributed by atoms with Crippen molar-refractivity contribution in [3.8, 4) is 18.2 Å². The SMILES string of the molecule is N#CC1=C(N)C(C#N)(C#N)[C@H](c2ccccc2)C2=C1CCCC2. The summed E-state index contributed by atoms with van der Waals surface area (Å²) in [5, 5.41) is 29.2. The predicted octanol–water partition coefficient (Wildman–Crippen LogP) is 3.42. The third kappa shape index (κ3) is 2.02. The normalized spacial score (nSPS) is 22.6. The molecule has 4 nitrogen and oxygen atoms in total. The fraction of sp³-hybridized carbons (Fsp3) is 0.316. The van der Waals surface area contributed by atoms with Crippen LogP contribution in [0.15, 0.2) is 52.7 Å². The van der Waals surface area contributed by atoms with E-state index in [4.69, 9.17) is 5.73 Å². The molecule has 4 heteroatoms. The molecule has 0 aliphatic heterocycles. The van der Waals surface area contributed by atoms with Crippen LogP contribution in [-0.4, -0.2) is 0 Å². The van der Waals surface area contributed by atoms with Crippen LogP contribution in [0.4, 0.5) is 0 Å². The molecule has 0 spiro atoms. The summed E-state index contributed by atoms with van der Waals surface area (Å²) in [6, 6.07) is 16.0. The van der Waals surface area contributed by atoms with Crippen molar-refractivity contribution in [3.05, 3.63) is 58.3 Å². The van der Waals surface area contributed by atoms with Crippen LogP contribution in [0.25, 0.3) is 0 Å². The molecule has 1 atom stereocenters. The van der Waals surface area contributed by atoms with E-state index in [1.807, 2.05) is 30.3 Å². The number of allylic oxidation sites excluding steroid dienone is 4. The minimum absolute atomic E-state index is 0.111. The molecular formula is C19H16N4. The first kappa shape index (κ1) is 14.9. The first-order valence-corrected chi connectivity index (χ1v) is 7.69. The molecule has 3 rings (SSSR count). The molecule has 1 aromatic carbocycles. The summed E-state index contributed by atoms with van der Waals surface area (Å²) in [6.07, 6.45) is 3.60. The molecule has 0 radical (unpaired) electrons. The molecule has 0 fully saturated rings. The number of hydrogen-bond acceptors (Lipinski definition) is 4. The number of nitriles is 3. The van der Waals surface area contributed by atoms with Crippen molar-refractivity contribution in [2.24, 2.45) is 11.1 Å². The largest absolute Gasteiger partial charge is 0.399 e. The Morgan fingerprint density at radius 2 is 1.65 bits per heavy atom. The molecule has 0 saturated heterocycles. The van der Waals surface area contributed by atoms with Crippen LogP contribution in [0, 0.1) is 39.4 Å². The summed E-state index contributed by atoms with van der Waals surface area (Å²) in [6.45, 7) is 0. The second kappa shape index (κ2) is 5.64. The molecule has 0 saturated carbocycles. The lowest BCUT2D eigenvalue weighted by atomic mass is 9.60. The van der Waals surface area contributed by atoms with Gasteiger partial charge >= 0.3 is 0 Å². The summed E-state index contributed by atoms with van der Waals surface area (Å²) in [5.41, 5.74) is 8.04. The topological polar surface area (TPSA) is 97.4 Å². The highest BCUT2D eigenvalue weighted by Gasteiger charge is 2.50. The molecule has 112 valence electrons. The van der Waals surface area contributed by atoms with E-state index in [1.54, 1.807) is 0 Å². The van der Waals surface area contributed by atoms with Crippen molar-refractivity contribution in [1.29, 1.82) is 15.8 Å². The molecular weight excluding hydrogens is 284 g/mol. The molecule has 0 heterocycles. The molecule has 0 unspecified atom stereocenters. The van der Waals surface area contributed by atoms with Crippen molar-refractivity contribution in [2.75, 3.05) is 0 Å². The van der Waals surface area contributed by atoms with Gasteiger partial charge in [-0.3, -0.25) is 0 Å². The Morgan fingerprint density at radius 1 is 1.00 bits per heavy atom. The smallest absolute Gasteiger partial charge is 0.194 e. The third-order valence-electron chi connectivity index (χ3n) is 4.89. The lowest BCUT2D eigenvalue weighted by molar-refractivity contribution is 0.468. The zero-order chi connectivity index (χ0) is 16.4. The van der Waals surface area contributed by atoms with Gasteiger partial charge in [0, 0.05) is 5.92 Å². The van der Waals surface area contributed by atoms with Crippen molar-refractivity contribution < 1.29 is 0 Å². The van der Waals surface area contributed by atoms with Gasteiger partial charge in [-0.25, -0.2) is 0 Å². The van der Waals surface area contributed by atoms with Gasteiger partial charge in [0.2, 0.25) is 0 Å². The van der Waals surface area contributed by atoms with E-state index >= 15 is 0 Å². The molecule has 2 aliphatic carbocycles. The summed E-state index contributed by atoms with van der Waals surface area (Å²) in [7, 11) is 0. The van der Waals surface area contributed by atoms with Crippen molar-refractivity contribution in [3.63, 3.8) is 0 Å². The molecule has 2 N–H and O–H groups in total. The quantitative estimate of drug-likeness (QED) is 0.859. The highest BCUT2D eigenvalue weighted by Crippen LogP contribution is 2.54. The van der Waals surface area contributed by atoms with Crippen LogP contribution in [0.2, 0.25) is 0 Å². The molecule has 0 aromatic heterocycles. The van der Waals surface area contributed by atoms with Gasteiger partial charge in [-0.15, -0.1) is 0 Å². The summed E-state index contributed by atoms with van der Waals surface area (Å²) >= 11 is 0. The Hall–Kier alpha value is -3.03. The van der Waals surface area contributed by atoms with E-state index in [1.165, 1.54) is 0 Å². The van der Waals surface area contributed by atoms with Crippen molar-refractivity contribution in [1.82, 2.24) is 0 Å². The van der Waals surface area contributed by atoms with Crippen LogP contribution < -0.4 is 5.73 Å². The fourth-order valence-electron chi connectivity index (χ4n) is 3.81. The average molecular weight is 300 g/mol. The van der Waals surface area contributed by atoms with Crippen molar-refractivity contribution >= 4 is 0 Å². The fourth-order valence-corrected chi connectivity index (χ4v) is 3.81. The standard InChI is InChI=1S/C19H16N4/c20-10-16-14-8-4-5-9-15(14)17(13-6-2-1-3-7-13)19(11-21,12-22)18(16)23/h1-3,6-7,17H,4-5,8-9,23H2/t17-/m1/s1. The highest BCUT2D eigenvalue weighted by molar-refractivity contribution is 5.62. The van der Waals surface area contributed by atoms with Gasteiger partial charge in [0.05, 0.1) is 23.4 Å². The highest BCUT2D eigenvalue weighted by atomic mass is 14.7. The van der Waals surface area contributed by atoms with E-state index in [-0.39, 0.29) is 5.70 Å². The summed E-state index contributed by atoms with van der Waals surface area (Å²) in [5.74, 6) is -0.397. The Labute approximate surface area is 135 Å². The second-order valence-electron chi connectivity index (χ2n) is 5.99. The molecule has 23 heavy (non-hydrogen) atoms. The summed E-state index contributed by atoms with van der Waals surface area (Å²) < 4.78 is 0. The summed E-state index contributed by atoms with van der Waals surface area (Å²) in [4.78, 5) is 0. The number of rotatable bonds is 1. The zero-order valence-electron chi connectivity index (χ0n) is 12.7. The van der Waals surface area contributed by atoms with E-state index < -0.39 is 11.3 Å². The Balaban J connectivity index is 2.34. The van der Waals surface area contributed by atoms with Gasteiger partial charge in [0.25, 0.3) is 0 Å². The molecule has 1 aromatic rings. The number of benzene rings is 1. The Kier molecular flexibility index (Phi) is 3.65. The van der Waals surface area contributed by atoms with Gasteiger partial charge in [-0.1, -0.05) is 35.9 Å². The first-order chi connectivity index (χ1) is 11.2. The van der Waals surface area contributed by atoms with Gasteiger partial charge in [0.1, 0.15) is 6.07 Å². The van der Waals surface area contributed by atoms with Crippen LogP contribution in [0.5, 0.6) is 0 Å². The maximum Gasteiger partial charge on any atom is 0.194 e. The van der Waals surface area contributed by atoms with E-state index in [0.29, 0.717) is 5.57 Å². The van der Waals surface area contributed by atoms with Crippen LogP contribution in [0.3, 0.4) is 0 Å². The molecule has 2 aliphatic rings. The maximum absolute atomic E-state index is 9.83. The van der Waals surface area contributed by atoms with Crippen molar-refractivity contribution in [2.45, 2.75) is 31.6 Å². The number of nitrogens with zero attached hydrogens (tertiary/aromatic N) is 3.